The average Bonchev–Trinajstić information content (AvgIpc) is 2.72. The van der Waals surface area contributed by atoms with Gasteiger partial charge in [0, 0.05) is 36.9 Å². The molecule has 0 aromatic carbocycles. The molecule has 4 heteroatoms. The van der Waals surface area contributed by atoms with Crippen molar-refractivity contribution in [1.82, 2.24) is 10.2 Å². The van der Waals surface area contributed by atoms with Crippen molar-refractivity contribution in [3.8, 4) is 0 Å². The van der Waals surface area contributed by atoms with E-state index in [4.69, 9.17) is 0 Å². The molecule has 2 fully saturated rings. The Morgan fingerprint density at radius 2 is 2.12 bits per heavy atom. The molecule has 0 aromatic heterocycles. The largest absolute Gasteiger partial charge is 0.355 e. The predicted octanol–water partition coefficient (Wildman–Crippen LogP) is 0.771. The molecule has 1 atom stereocenters. The van der Waals surface area contributed by atoms with E-state index >= 15 is 0 Å². The minimum absolute atomic E-state index is 0.0258. The van der Waals surface area contributed by atoms with E-state index in [0.717, 1.165) is 26.1 Å². The SMILES string of the molecule is CC(C)(C)C(=O)N1CCC2(CNC(=O)C2)C1. The summed E-state index contributed by atoms with van der Waals surface area (Å²) in [4.78, 5) is 25.3. The lowest BCUT2D eigenvalue weighted by molar-refractivity contribution is -0.138. The molecule has 1 N–H and O–H groups in total. The summed E-state index contributed by atoms with van der Waals surface area (Å²) in [5.74, 6) is 0.328. The molecule has 0 radical (unpaired) electrons. The number of hydrogen-bond acceptors (Lipinski definition) is 2. The first-order chi connectivity index (χ1) is 7.32. The van der Waals surface area contributed by atoms with E-state index in [-0.39, 0.29) is 22.6 Å². The van der Waals surface area contributed by atoms with Crippen LogP contribution in [0.5, 0.6) is 0 Å². The maximum Gasteiger partial charge on any atom is 0.227 e. The van der Waals surface area contributed by atoms with Crippen molar-refractivity contribution in [2.45, 2.75) is 33.6 Å². The summed E-state index contributed by atoms with van der Waals surface area (Å²) in [7, 11) is 0. The standard InChI is InChI=1S/C12H20N2O2/c1-11(2,3)10(16)14-5-4-12(8-14)6-9(15)13-7-12/h4-8H2,1-3H3,(H,13,15). The van der Waals surface area contributed by atoms with Gasteiger partial charge < -0.3 is 10.2 Å². The Morgan fingerprint density at radius 3 is 2.62 bits per heavy atom. The number of carbonyl (C=O) groups excluding carboxylic acids is 2. The number of likely N-dealkylation sites (tertiary alicyclic amines) is 1. The van der Waals surface area contributed by atoms with Crippen molar-refractivity contribution >= 4 is 11.8 Å². The zero-order chi connectivity index (χ0) is 12.0. The maximum atomic E-state index is 12.1. The van der Waals surface area contributed by atoms with E-state index in [0.29, 0.717) is 6.42 Å². The molecule has 0 aliphatic carbocycles. The van der Waals surface area contributed by atoms with Gasteiger partial charge in [-0.05, 0) is 6.42 Å². The van der Waals surface area contributed by atoms with Crippen LogP contribution in [0.25, 0.3) is 0 Å². The Hall–Kier alpha value is -1.06. The van der Waals surface area contributed by atoms with Crippen LogP contribution in [0, 0.1) is 10.8 Å². The highest BCUT2D eigenvalue weighted by Gasteiger charge is 2.46. The van der Waals surface area contributed by atoms with Crippen LogP contribution in [0.1, 0.15) is 33.6 Å². The topological polar surface area (TPSA) is 49.4 Å². The first kappa shape index (κ1) is 11.4. The number of nitrogens with one attached hydrogen (secondary N) is 1. The quantitative estimate of drug-likeness (QED) is 0.661. The van der Waals surface area contributed by atoms with Crippen LogP contribution in [0.3, 0.4) is 0 Å². The molecule has 0 aromatic rings. The third kappa shape index (κ3) is 1.93. The Labute approximate surface area is 96.4 Å². The molecule has 1 spiro atoms. The zero-order valence-electron chi connectivity index (χ0n) is 10.3. The Kier molecular flexibility index (Phi) is 2.48. The van der Waals surface area contributed by atoms with Crippen molar-refractivity contribution in [3.63, 3.8) is 0 Å². The summed E-state index contributed by atoms with van der Waals surface area (Å²) >= 11 is 0. The van der Waals surface area contributed by atoms with E-state index in [1.165, 1.54) is 0 Å². The van der Waals surface area contributed by atoms with Crippen molar-refractivity contribution < 1.29 is 9.59 Å². The van der Waals surface area contributed by atoms with E-state index in [1.807, 2.05) is 25.7 Å². The Balaban J connectivity index is 2.04. The smallest absolute Gasteiger partial charge is 0.227 e. The van der Waals surface area contributed by atoms with Gasteiger partial charge in [0.2, 0.25) is 11.8 Å². The summed E-state index contributed by atoms with van der Waals surface area (Å²) in [5.41, 5.74) is -0.292. The molecule has 4 nitrogen and oxygen atoms in total. The van der Waals surface area contributed by atoms with Gasteiger partial charge in [-0.25, -0.2) is 0 Å². The highest BCUT2D eigenvalue weighted by Crippen LogP contribution is 2.37. The van der Waals surface area contributed by atoms with Crippen LogP contribution in [0.2, 0.25) is 0 Å². The van der Waals surface area contributed by atoms with Crippen molar-refractivity contribution in [1.29, 1.82) is 0 Å². The predicted molar refractivity (Wildman–Crippen MR) is 60.7 cm³/mol. The summed E-state index contributed by atoms with van der Waals surface area (Å²) < 4.78 is 0. The minimum atomic E-state index is -0.318. The minimum Gasteiger partial charge on any atom is -0.355 e. The second-order valence-corrected chi connectivity index (χ2v) is 6.18. The molecule has 2 amide bonds. The van der Waals surface area contributed by atoms with Crippen molar-refractivity contribution in [3.05, 3.63) is 0 Å². The fourth-order valence-corrected chi connectivity index (χ4v) is 2.62. The van der Waals surface area contributed by atoms with Crippen LogP contribution in [-0.4, -0.2) is 36.3 Å². The molecule has 2 aliphatic rings. The van der Waals surface area contributed by atoms with Crippen LogP contribution in [-0.2, 0) is 9.59 Å². The molecule has 2 heterocycles. The Morgan fingerprint density at radius 1 is 1.44 bits per heavy atom. The van der Waals surface area contributed by atoms with Crippen LogP contribution < -0.4 is 5.32 Å². The van der Waals surface area contributed by atoms with E-state index in [2.05, 4.69) is 5.32 Å². The number of rotatable bonds is 0. The molecule has 0 bridgehead atoms. The lowest BCUT2D eigenvalue weighted by Crippen LogP contribution is -2.39. The van der Waals surface area contributed by atoms with Crippen molar-refractivity contribution in [2.75, 3.05) is 19.6 Å². The van der Waals surface area contributed by atoms with Gasteiger partial charge in [0.05, 0.1) is 0 Å². The summed E-state index contributed by atoms with van der Waals surface area (Å²) in [6, 6.07) is 0. The molecular weight excluding hydrogens is 204 g/mol. The van der Waals surface area contributed by atoms with E-state index in [1.54, 1.807) is 0 Å². The van der Waals surface area contributed by atoms with E-state index < -0.39 is 0 Å². The normalized spacial score (nSPS) is 29.9. The zero-order valence-corrected chi connectivity index (χ0v) is 10.3. The number of amides is 2. The lowest BCUT2D eigenvalue weighted by Gasteiger charge is -2.27. The highest BCUT2D eigenvalue weighted by molar-refractivity contribution is 5.83. The summed E-state index contributed by atoms with van der Waals surface area (Å²) in [5, 5.41) is 2.87. The van der Waals surface area contributed by atoms with Crippen LogP contribution in [0.15, 0.2) is 0 Å². The fraction of sp³-hybridized carbons (Fsp3) is 0.833. The van der Waals surface area contributed by atoms with Gasteiger partial charge in [0.1, 0.15) is 0 Å². The Bertz CT molecular complexity index is 332. The summed E-state index contributed by atoms with van der Waals surface area (Å²) in [6.45, 7) is 8.10. The highest BCUT2D eigenvalue weighted by atomic mass is 16.2. The van der Waals surface area contributed by atoms with Gasteiger partial charge >= 0.3 is 0 Å². The number of nitrogens with zero attached hydrogens (tertiary/aromatic N) is 1. The van der Waals surface area contributed by atoms with Gasteiger partial charge in [-0.1, -0.05) is 20.8 Å². The molecule has 2 aliphatic heterocycles. The number of hydrogen-bond donors (Lipinski definition) is 1. The summed E-state index contributed by atoms with van der Waals surface area (Å²) in [6.07, 6.45) is 1.54. The van der Waals surface area contributed by atoms with Crippen molar-refractivity contribution in [2.24, 2.45) is 10.8 Å². The first-order valence-electron chi connectivity index (χ1n) is 5.89. The molecule has 1 unspecified atom stereocenters. The monoisotopic (exact) mass is 224 g/mol. The lowest BCUT2D eigenvalue weighted by atomic mass is 9.86. The third-order valence-electron chi connectivity index (χ3n) is 3.56. The average molecular weight is 224 g/mol. The van der Waals surface area contributed by atoms with Gasteiger partial charge in [0.25, 0.3) is 0 Å². The fourth-order valence-electron chi connectivity index (χ4n) is 2.62. The van der Waals surface area contributed by atoms with E-state index in [9.17, 15) is 9.59 Å². The van der Waals surface area contributed by atoms with Crippen LogP contribution in [0.4, 0.5) is 0 Å². The van der Waals surface area contributed by atoms with Crippen LogP contribution >= 0.6 is 0 Å². The van der Waals surface area contributed by atoms with Gasteiger partial charge in [-0.3, -0.25) is 9.59 Å². The molecule has 0 saturated carbocycles. The molecule has 2 saturated heterocycles. The first-order valence-corrected chi connectivity index (χ1v) is 5.89. The van der Waals surface area contributed by atoms with Gasteiger partial charge in [-0.2, -0.15) is 0 Å². The molecular formula is C12H20N2O2. The second kappa shape index (κ2) is 3.47. The maximum absolute atomic E-state index is 12.1. The second-order valence-electron chi connectivity index (χ2n) is 6.18. The molecule has 90 valence electrons. The van der Waals surface area contributed by atoms with Gasteiger partial charge in [-0.15, -0.1) is 0 Å². The number of carbonyl (C=O) groups is 2. The molecule has 2 rings (SSSR count). The van der Waals surface area contributed by atoms with Gasteiger partial charge in [0.15, 0.2) is 0 Å². The third-order valence-corrected chi connectivity index (χ3v) is 3.56. The molecule has 16 heavy (non-hydrogen) atoms.